The average Bonchev–Trinajstić information content (AvgIpc) is 2.56. The number of anilines is 1. The third-order valence-electron chi connectivity index (χ3n) is 3.86. The second kappa shape index (κ2) is 8.52. The highest BCUT2D eigenvalue weighted by Crippen LogP contribution is 2.29. The molecule has 5 nitrogen and oxygen atoms in total. The predicted octanol–water partition coefficient (Wildman–Crippen LogP) is 3.56. The van der Waals surface area contributed by atoms with Crippen LogP contribution in [0.15, 0.2) is 36.4 Å². The number of benzene rings is 1. The molecule has 2 atom stereocenters. The number of carbonyl (C=O) groups excluding carboxylic acids is 2. The van der Waals surface area contributed by atoms with E-state index in [1.54, 1.807) is 12.1 Å². The summed E-state index contributed by atoms with van der Waals surface area (Å²) in [5.74, 6) is -0.544. The smallest absolute Gasteiger partial charge is 0.310 e. The zero-order chi connectivity index (χ0) is 17.5. The first-order chi connectivity index (χ1) is 11.5. The quantitative estimate of drug-likeness (QED) is 0.639. The number of ether oxygens (including phenoxy) is 2. The van der Waals surface area contributed by atoms with Crippen molar-refractivity contribution in [3.05, 3.63) is 36.4 Å². The Bertz CT molecular complexity index is 592. The van der Waals surface area contributed by atoms with E-state index >= 15 is 0 Å². The van der Waals surface area contributed by atoms with Gasteiger partial charge in [-0.25, -0.2) is 0 Å². The van der Waals surface area contributed by atoms with Crippen LogP contribution in [0.2, 0.25) is 0 Å². The lowest BCUT2D eigenvalue weighted by Gasteiger charge is -2.26. The van der Waals surface area contributed by atoms with Crippen LogP contribution < -0.4 is 10.1 Å². The minimum atomic E-state index is -0.430. The largest absolute Gasteiger partial charge is 0.494 e. The Kier molecular flexibility index (Phi) is 6.41. The second-order valence-corrected chi connectivity index (χ2v) is 6.09. The molecular weight excluding hydrogens is 306 g/mol. The van der Waals surface area contributed by atoms with Crippen molar-refractivity contribution in [3.63, 3.8) is 0 Å². The number of esters is 1. The van der Waals surface area contributed by atoms with E-state index in [4.69, 9.17) is 9.47 Å². The van der Waals surface area contributed by atoms with Crippen LogP contribution in [0, 0.1) is 11.8 Å². The van der Waals surface area contributed by atoms with Crippen molar-refractivity contribution in [2.24, 2.45) is 11.8 Å². The summed E-state index contributed by atoms with van der Waals surface area (Å²) in [6, 6.07) is 7.21. The molecule has 0 heterocycles. The van der Waals surface area contributed by atoms with Crippen LogP contribution in [0.5, 0.6) is 5.75 Å². The van der Waals surface area contributed by atoms with Gasteiger partial charge in [-0.2, -0.15) is 0 Å². The Morgan fingerprint density at radius 2 is 1.75 bits per heavy atom. The molecule has 1 N–H and O–H groups in total. The van der Waals surface area contributed by atoms with Crippen molar-refractivity contribution in [2.75, 3.05) is 11.9 Å². The minimum Gasteiger partial charge on any atom is -0.494 e. The van der Waals surface area contributed by atoms with Crippen molar-refractivity contribution in [3.8, 4) is 5.75 Å². The lowest BCUT2D eigenvalue weighted by molar-refractivity contribution is -0.156. The summed E-state index contributed by atoms with van der Waals surface area (Å²) in [5, 5.41) is 2.88. The maximum Gasteiger partial charge on any atom is 0.310 e. The van der Waals surface area contributed by atoms with E-state index in [2.05, 4.69) is 5.32 Å². The summed E-state index contributed by atoms with van der Waals surface area (Å²) in [6.07, 6.45) is 4.78. The van der Waals surface area contributed by atoms with Crippen LogP contribution in [0.4, 0.5) is 5.69 Å². The van der Waals surface area contributed by atoms with Crippen molar-refractivity contribution in [2.45, 2.75) is 39.7 Å². The molecular formula is C19H25NO4. The molecule has 0 unspecified atom stereocenters. The van der Waals surface area contributed by atoms with Gasteiger partial charge in [0.05, 0.1) is 24.5 Å². The number of hydrogen-bond acceptors (Lipinski definition) is 4. The standard InChI is InChI=1S/C19H25NO4/c1-4-23-15-11-9-14(10-12-15)20-18(21)16-7-5-6-8-17(16)19(22)24-13(2)3/h5-6,9-13,16-17H,4,7-8H2,1-3H3,(H,20,21)/t16-,17+/m1/s1. The molecule has 0 aromatic heterocycles. The zero-order valence-corrected chi connectivity index (χ0v) is 14.5. The lowest BCUT2D eigenvalue weighted by atomic mass is 9.82. The second-order valence-electron chi connectivity index (χ2n) is 6.09. The van der Waals surface area contributed by atoms with Crippen molar-refractivity contribution in [1.29, 1.82) is 0 Å². The number of rotatable bonds is 6. The number of amides is 1. The zero-order valence-electron chi connectivity index (χ0n) is 14.5. The van der Waals surface area contributed by atoms with Crippen LogP contribution in [0.3, 0.4) is 0 Å². The summed E-state index contributed by atoms with van der Waals surface area (Å²) in [6.45, 7) is 6.14. The molecule has 1 aromatic carbocycles. The fourth-order valence-corrected chi connectivity index (χ4v) is 2.72. The third kappa shape index (κ3) is 4.85. The average molecular weight is 331 g/mol. The van der Waals surface area contributed by atoms with Gasteiger partial charge >= 0.3 is 5.97 Å². The van der Waals surface area contributed by atoms with Gasteiger partial charge in [0, 0.05) is 5.69 Å². The van der Waals surface area contributed by atoms with E-state index in [1.807, 2.05) is 45.1 Å². The molecule has 1 aliphatic rings. The van der Waals surface area contributed by atoms with Gasteiger partial charge in [0.15, 0.2) is 0 Å². The van der Waals surface area contributed by atoms with Gasteiger partial charge in [0.25, 0.3) is 0 Å². The molecule has 0 saturated heterocycles. The Balaban J connectivity index is 2.03. The summed E-state index contributed by atoms with van der Waals surface area (Å²) in [4.78, 5) is 24.8. The monoisotopic (exact) mass is 331 g/mol. The van der Waals surface area contributed by atoms with Gasteiger partial charge in [-0.1, -0.05) is 12.2 Å². The number of allylic oxidation sites excluding steroid dienone is 2. The normalized spacial score (nSPS) is 19.8. The molecule has 130 valence electrons. The van der Waals surface area contributed by atoms with Crippen molar-refractivity contribution < 1.29 is 19.1 Å². The molecule has 0 fully saturated rings. The fourth-order valence-electron chi connectivity index (χ4n) is 2.72. The third-order valence-corrected chi connectivity index (χ3v) is 3.86. The summed E-state index contributed by atoms with van der Waals surface area (Å²) < 4.78 is 10.7. The van der Waals surface area contributed by atoms with Crippen molar-refractivity contribution in [1.82, 2.24) is 0 Å². The summed E-state index contributed by atoms with van der Waals surface area (Å²) in [5.41, 5.74) is 0.689. The van der Waals surface area contributed by atoms with E-state index in [0.29, 0.717) is 25.1 Å². The van der Waals surface area contributed by atoms with E-state index in [-0.39, 0.29) is 18.0 Å². The molecule has 0 radical (unpaired) electrons. The molecule has 1 aliphatic carbocycles. The van der Waals surface area contributed by atoms with Gasteiger partial charge in [-0.3, -0.25) is 9.59 Å². The molecule has 0 spiro atoms. The first kappa shape index (κ1) is 18.0. The van der Waals surface area contributed by atoms with Crippen LogP contribution >= 0.6 is 0 Å². The predicted molar refractivity (Wildman–Crippen MR) is 92.8 cm³/mol. The Hall–Kier alpha value is -2.30. The summed E-state index contributed by atoms with van der Waals surface area (Å²) >= 11 is 0. The molecule has 0 saturated carbocycles. The van der Waals surface area contributed by atoms with Crippen molar-refractivity contribution >= 4 is 17.6 Å². The van der Waals surface area contributed by atoms with Crippen LogP contribution in [0.25, 0.3) is 0 Å². The van der Waals surface area contributed by atoms with Gasteiger partial charge in [-0.05, 0) is 57.9 Å². The molecule has 24 heavy (non-hydrogen) atoms. The van der Waals surface area contributed by atoms with Crippen LogP contribution in [-0.4, -0.2) is 24.6 Å². The van der Waals surface area contributed by atoms with Crippen LogP contribution in [-0.2, 0) is 14.3 Å². The van der Waals surface area contributed by atoms with Crippen LogP contribution in [0.1, 0.15) is 33.6 Å². The van der Waals surface area contributed by atoms with Gasteiger partial charge < -0.3 is 14.8 Å². The van der Waals surface area contributed by atoms with E-state index in [0.717, 1.165) is 5.75 Å². The molecule has 1 amide bonds. The fraction of sp³-hybridized carbons (Fsp3) is 0.474. The summed E-state index contributed by atoms with van der Waals surface area (Å²) in [7, 11) is 0. The minimum absolute atomic E-state index is 0.158. The maximum absolute atomic E-state index is 12.6. The molecule has 2 rings (SSSR count). The number of hydrogen-bond donors (Lipinski definition) is 1. The number of carbonyl (C=O) groups is 2. The van der Waals surface area contributed by atoms with Gasteiger partial charge in [0.1, 0.15) is 5.75 Å². The first-order valence-corrected chi connectivity index (χ1v) is 8.40. The van der Waals surface area contributed by atoms with Gasteiger partial charge in [0.2, 0.25) is 5.91 Å². The Morgan fingerprint density at radius 1 is 1.12 bits per heavy atom. The first-order valence-electron chi connectivity index (χ1n) is 8.40. The highest BCUT2D eigenvalue weighted by Gasteiger charge is 2.35. The topological polar surface area (TPSA) is 64.6 Å². The highest BCUT2D eigenvalue weighted by molar-refractivity contribution is 5.95. The Labute approximate surface area is 143 Å². The van der Waals surface area contributed by atoms with E-state index in [9.17, 15) is 9.59 Å². The molecule has 0 bridgehead atoms. The van der Waals surface area contributed by atoms with Gasteiger partial charge in [-0.15, -0.1) is 0 Å². The molecule has 5 heteroatoms. The maximum atomic E-state index is 12.6. The lowest BCUT2D eigenvalue weighted by Crippen LogP contribution is -2.36. The van der Waals surface area contributed by atoms with E-state index in [1.165, 1.54) is 0 Å². The van der Waals surface area contributed by atoms with E-state index < -0.39 is 11.8 Å². The molecule has 1 aromatic rings. The number of nitrogens with one attached hydrogen (secondary N) is 1. The highest BCUT2D eigenvalue weighted by atomic mass is 16.5. The SMILES string of the molecule is CCOc1ccc(NC(=O)[C@@H]2CC=CC[C@@H]2C(=O)OC(C)C)cc1. The molecule has 0 aliphatic heterocycles. The Morgan fingerprint density at radius 3 is 2.33 bits per heavy atom.